The minimum atomic E-state index is 0.167. The Kier molecular flexibility index (Phi) is 5.92. The summed E-state index contributed by atoms with van der Waals surface area (Å²) in [7, 11) is 0. The second kappa shape index (κ2) is 7.21. The molecule has 1 aromatic rings. The molecule has 4 N–H and O–H groups in total. The van der Waals surface area contributed by atoms with Gasteiger partial charge in [0.2, 0.25) is 0 Å². The van der Waals surface area contributed by atoms with Crippen molar-refractivity contribution in [1.29, 1.82) is 0 Å². The van der Waals surface area contributed by atoms with Crippen LogP contribution in [0, 0.1) is 0 Å². The standard InChI is InChI=1S/C9H10Cl2N4.C3H6O/c10-6-3-5(12)4-7(11)8(6)15-9-13-1-2-14-9;1-3(2)4/h3-4H,1-2,12H2,(H2,13,14,15);1-2H3. The molecule has 0 saturated carbocycles. The molecule has 0 aromatic heterocycles. The highest BCUT2D eigenvalue weighted by Gasteiger charge is 2.11. The second-order valence-electron chi connectivity index (χ2n) is 4.05. The van der Waals surface area contributed by atoms with Crippen molar-refractivity contribution in [3.05, 3.63) is 22.2 Å². The maximum Gasteiger partial charge on any atom is 0.196 e. The molecule has 19 heavy (non-hydrogen) atoms. The number of benzene rings is 1. The number of nitrogens with two attached hydrogens (primary N) is 1. The van der Waals surface area contributed by atoms with E-state index in [1.54, 1.807) is 12.1 Å². The average molecular weight is 303 g/mol. The number of nitrogen functional groups attached to an aromatic ring is 1. The predicted octanol–water partition coefficient (Wildman–Crippen LogP) is 2.54. The zero-order valence-electron chi connectivity index (χ0n) is 10.8. The van der Waals surface area contributed by atoms with E-state index in [-0.39, 0.29) is 5.78 Å². The van der Waals surface area contributed by atoms with Crippen LogP contribution in [0.1, 0.15) is 13.8 Å². The zero-order valence-corrected chi connectivity index (χ0v) is 12.3. The average Bonchev–Trinajstić information content (AvgIpc) is 2.75. The summed E-state index contributed by atoms with van der Waals surface area (Å²) in [5.74, 6) is 0.851. The number of nitrogens with zero attached hydrogens (tertiary/aromatic N) is 1. The highest BCUT2D eigenvalue weighted by Crippen LogP contribution is 2.32. The molecule has 0 bridgehead atoms. The molecule has 0 atom stereocenters. The Bertz CT molecular complexity index is 475. The van der Waals surface area contributed by atoms with Gasteiger partial charge in [0.05, 0.1) is 22.3 Å². The number of anilines is 2. The molecule has 0 spiro atoms. The molecule has 1 aliphatic heterocycles. The fraction of sp³-hybridized carbons (Fsp3) is 0.333. The maximum absolute atomic E-state index is 9.44. The first kappa shape index (κ1) is 15.6. The molecule has 1 aliphatic rings. The van der Waals surface area contributed by atoms with Gasteiger partial charge in [-0.2, -0.15) is 0 Å². The monoisotopic (exact) mass is 302 g/mol. The van der Waals surface area contributed by atoms with Gasteiger partial charge in [0.15, 0.2) is 5.96 Å². The van der Waals surface area contributed by atoms with E-state index in [0.29, 0.717) is 27.4 Å². The Morgan fingerprint density at radius 3 is 2.32 bits per heavy atom. The number of Topliss-reactive ketones (excluding diaryl/α,β-unsaturated/α-hetero) is 1. The molecule has 7 heteroatoms. The highest BCUT2D eigenvalue weighted by molar-refractivity contribution is 6.40. The van der Waals surface area contributed by atoms with Crippen molar-refractivity contribution in [2.45, 2.75) is 13.8 Å². The van der Waals surface area contributed by atoms with Crippen molar-refractivity contribution in [3.63, 3.8) is 0 Å². The first-order valence-electron chi connectivity index (χ1n) is 5.67. The van der Waals surface area contributed by atoms with Gasteiger partial charge in [-0.1, -0.05) is 23.2 Å². The van der Waals surface area contributed by atoms with Gasteiger partial charge in [-0.15, -0.1) is 0 Å². The maximum atomic E-state index is 9.44. The third-order valence-corrected chi connectivity index (χ3v) is 2.58. The summed E-state index contributed by atoms with van der Waals surface area (Å²) < 4.78 is 0. The van der Waals surface area contributed by atoms with Crippen LogP contribution in [0.5, 0.6) is 0 Å². The second-order valence-corrected chi connectivity index (χ2v) is 4.86. The van der Waals surface area contributed by atoms with Crippen LogP contribution in [0.25, 0.3) is 0 Å². The highest BCUT2D eigenvalue weighted by atomic mass is 35.5. The number of rotatable bonds is 1. The van der Waals surface area contributed by atoms with Gasteiger partial charge in [0, 0.05) is 12.2 Å². The third kappa shape index (κ3) is 5.36. The Morgan fingerprint density at radius 1 is 1.37 bits per heavy atom. The Hall–Kier alpha value is -1.46. The quantitative estimate of drug-likeness (QED) is 0.697. The molecule has 1 aromatic carbocycles. The predicted molar refractivity (Wildman–Crippen MR) is 81.2 cm³/mol. The van der Waals surface area contributed by atoms with Crippen LogP contribution in [0.3, 0.4) is 0 Å². The number of hydrogen-bond acceptors (Lipinski definition) is 5. The van der Waals surface area contributed by atoms with E-state index in [0.717, 1.165) is 13.1 Å². The number of hydrogen-bond donors (Lipinski definition) is 3. The van der Waals surface area contributed by atoms with Crippen molar-refractivity contribution >= 4 is 46.3 Å². The summed E-state index contributed by atoms with van der Waals surface area (Å²) in [6.45, 7) is 4.64. The van der Waals surface area contributed by atoms with Crippen LogP contribution >= 0.6 is 23.2 Å². The molecule has 0 saturated heterocycles. The molecular formula is C12H16Cl2N4O. The molecule has 0 radical (unpaired) electrons. The van der Waals surface area contributed by atoms with Gasteiger partial charge in [-0.05, 0) is 26.0 Å². The van der Waals surface area contributed by atoms with Gasteiger partial charge in [0.1, 0.15) is 5.78 Å². The molecule has 1 heterocycles. The van der Waals surface area contributed by atoms with Gasteiger partial charge < -0.3 is 21.2 Å². The van der Waals surface area contributed by atoms with E-state index in [1.165, 1.54) is 13.8 Å². The normalized spacial score (nSPS) is 12.9. The molecule has 104 valence electrons. The van der Waals surface area contributed by atoms with Crippen LogP contribution < -0.4 is 16.4 Å². The minimum Gasteiger partial charge on any atom is -0.399 e. The fourth-order valence-corrected chi connectivity index (χ4v) is 1.91. The number of carbonyl (C=O) groups is 1. The lowest BCUT2D eigenvalue weighted by Gasteiger charge is -2.11. The Balaban J connectivity index is 0.000000399. The smallest absolute Gasteiger partial charge is 0.196 e. The van der Waals surface area contributed by atoms with E-state index in [9.17, 15) is 4.79 Å². The van der Waals surface area contributed by atoms with Gasteiger partial charge >= 0.3 is 0 Å². The van der Waals surface area contributed by atoms with E-state index >= 15 is 0 Å². The van der Waals surface area contributed by atoms with E-state index < -0.39 is 0 Å². The van der Waals surface area contributed by atoms with Crippen LogP contribution in [0.4, 0.5) is 11.4 Å². The van der Waals surface area contributed by atoms with Crippen LogP contribution in [-0.4, -0.2) is 24.8 Å². The third-order valence-electron chi connectivity index (χ3n) is 1.98. The summed E-state index contributed by atoms with van der Waals surface area (Å²) in [5.41, 5.74) is 6.76. The summed E-state index contributed by atoms with van der Waals surface area (Å²) in [6, 6.07) is 3.29. The lowest BCUT2D eigenvalue weighted by Crippen LogP contribution is -2.26. The van der Waals surface area contributed by atoms with Gasteiger partial charge in [-0.25, -0.2) is 0 Å². The Morgan fingerprint density at radius 2 is 1.89 bits per heavy atom. The first-order valence-corrected chi connectivity index (χ1v) is 6.42. The lowest BCUT2D eigenvalue weighted by molar-refractivity contribution is -0.114. The summed E-state index contributed by atoms with van der Waals surface area (Å²) in [4.78, 5) is 13.6. The molecule has 0 amide bonds. The number of ketones is 1. The molecule has 0 unspecified atom stereocenters. The topological polar surface area (TPSA) is 79.5 Å². The number of aliphatic imine (C=N–C) groups is 1. The van der Waals surface area contributed by atoms with E-state index in [4.69, 9.17) is 28.9 Å². The van der Waals surface area contributed by atoms with Crippen LogP contribution in [-0.2, 0) is 4.79 Å². The largest absolute Gasteiger partial charge is 0.399 e. The van der Waals surface area contributed by atoms with Crippen molar-refractivity contribution in [2.24, 2.45) is 4.99 Å². The summed E-state index contributed by atoms with van der Waals surface area (Å²) >= 11 is 12.0. The zero-order chi connectivity index (χ0) is 14.4. The van der Waals surface area contributed by atoms with Crippen molar-refractivity contribution < 1.29 is 4.79 Å². The number of guanidine groups is 1. The summed E-state index contributed by atoms with van der Waals surface area (Å²) in [5, 5.41) is 7.05. The first-order chi connectivity index (χ1) is 8.90. The van der Waals surface area contributed by atoms with Crippen molar-refractivity contribution in [2.75, 3.05) is 24.1 Å². The Labute approximate surface area is 122 Å². The van der Waals surface area contributed by atoms with Crippen LogP contribution in [0.2, 0.25) is 10.0 Å². The van der Waals surface area contributed by atoms with Gasteiger partial charge in [0.25, 0.3) is 0 Å². The van der Waals surface area contributed by atoms with E-state index in [1.807, 2.05) is 0 Å². The number of nitrogens with one attached hydrogen (secondary N) is 2. The fourth-order valence-electron chi connectivity index (χ4n) is 1.31. The van der Waals surface area contributed by atoms with Crippen molar-refractivity contribution in [3.8, 4) is 0 Å². The SMILES string of the molecule is CC(C)=O.Nc1cc(Cl)c(NC2=NCCN2)c(Cl)c1. The molecular weight excluding hydrogens is 287 g/mol. The van der Waals surface area contributed by atoms with Gasteiger partial charge in [-0.3, -0.25) is 4.99 Å². The number of carbonyl (C=O) groups excluding carboxylic acids is 1. The van der Waals surface area contributed by atoms with E-state index in [2.05, 4.69) is 15.6 Å². The molecule has 0 fully saturated rings. The molecule has 2 rings (SSSR count). The minimum absolute atomic E-state index is 0.167. The molecule has 5 nitrogen and oxygen atoms in total. The number of halogens is 2. The molecule has 0 aliphatic carbocycles. The van der Waals surface area contributed by atoms with Crippen molar-refractivity contribution in [1.82, 2.24) is 5.32 Å². The van der Waals surface area contributed by atoms with Crippen LogP contribution in [0.15, 0.2) is 17.1 Å². The lowest BCUT2D eigenvalue weighted by atomic mass is 10.3. The summed E-state index contributed by atoms with van der Waals surface area (Å²) in [6.07, 6.45) is 0.